The van der Waals surface area contributed by atoms with E-state index in [0.29, 0.717) is 30.0 Å². The molecule has 0 amide bonds. The molecule has 0 aromatic rings. The Morgan fingerprint density at radius 1 is 1.12 bits per heavy atom. The first-order valence-electron chi connectivity index (χ1n) is 9.95. The van der Waals surface area contributed by atoms with Crippen molar-refractivity contribution in [2.24, 2.45) is 16.8 Å². The van der Waals surface area contributed by atoms with E-state index in [4.69, 9.17) is 4.74 Å². The molecule has 6 heteroatoms. The Hall–Kier alpha value is -0.850. The van der Waals surface area contributed by atoms with Gasteiger partial charge in [0.15, 0.2) is 5.96 Å². The smallest absolute Gasteiger partial charge is 0.191 e. The lowest BCUT2D eigenvalue weighted by molar-refractivity contribution is 0.00751. The number of hydrogen-bond acceptors (Lipinski definition) is 4. The summed E-state index contributed by atoms with van der Waals surface area (Å²) in [5.41, 5.74) is 0. The van der Waals surface area contributed by atoms with E-state index in [1.54, 1.807) is 0 Å². The van der Waals surface area contributed by atoms with Crippen LogP contribution in [0.1, 0.15) is 34.6 Å². The van der Waals surface area contributed by atoms with Crippen molar-refractivity contribution < 1.29 is 4.74 Å². The molecule has 0 bridgehead atoms. The van der Waals surface area contributed by atoms with Gasteiger partial charge >= 0.3 is 0 Å². The Bertz CT molecular complexity index is 420. The molecule has 6 nitrogen and oxygen atoms in total. The molecule has 0 aromatic carbocycles. The molecule has 0 spiro atoms. The fourth-order valence-corrected chi connectivity index (χ4v) is 3.88. The van der Waals surface area contributed by atoms with Gasteiger partial charge in [0.05, 0.1) is 13.2 Å². The van der Waals surface area contributed by atoms with Crippen molar-refractivity contribution in [3.8, 4) is 0 Å². The van der Waals surface area contributed by atoms with Crippen molar-refractivity contribution in [2.45, 2.75) is 52.7 Å². The molecule has 2 aliphatic heterocycles. The molecule has 0 saturated carbocycles. The van der Waals surface area contributed by atoms with E-state index >= 15 is 0 Å². The highest BCUT2D eigenvalue weighted by molar-refractivity contribution is 5.80. The number of rotatable bonds is 6. The van der Waals surface area contributed by atoms with Crippen molar-refractivity contribution in [1.82, 2.24) is 20.4 Å². The average molecular weight is 354 g/mol. The molecule has 0 aliphatic carbocycles. The van der Waals surface area contributed by atoms with Gasteiger partial charge in [-0.05, 0) is 25.7 Å². The maximum atomic E-state index is 5.50. The number of aliphatic imine (C=N–C) groups is 1. The summed E-state index contributed by atoms with van der Waals surface area (Å²) in [6.07, 6.45) is 0. The fourth-order valence-electron chi connectivity index (χ4n) is 3.88. The average Bonchev–Trinajstić information content (AvgIpc) is 2.95. The number of hydrogen-bond donors (Lipinski definition) is 2. The highest BCUT2D eigenvalue weighted by atomic mass is 16.5. The third-order valence-electron chi connectivity index (χ3n) is 5.68. The van der Waals surface area contributed by atoms with Crippen LogP contribution in [0.3, 0.4) is 0 Å². The van der Waals surface area contributed by atoms with Crippen molar-refractivity contribution in [1.29, 1.82) is 0 Å². The highest BCUT2D eigenvalue weighted by Gasteiger charge is 2.31. The van der Waals surface area contributed by atoms with Crippen LogP contribution in [0.2, 0.25) is 0 Å². The summed E-state index contributed by atoms with van der Waals surface area (Å²) in [7, 11) is 1.87. The molecule has 0 aromatic heterocycles. The molecular formula is C19H39N5O. The predicted molar refractivity (Wildman–Crippen MR) is 105 cm³/mol. The summed E-state index contributed by atoms with van der Waals surface area (Å²) in [6, 6.07) is 1.58. The van der Waals surface area contributed by atoms with Crippen LogP contribution < -0.4 is 10.6 Å². The maximum absolute atomic E-state index is 5.50. The van der Waals surface area contributed by atoms with Gasteiger partial charge in [-0.15, -0.1) is 0 Å². The lowest BCUT2D eigenvalue weighted by Crippen LogP contribution is -2.54. The zero-order valence-corrected chi connectivity index (χ0v) is 17.1. The Balaban J connectivity index is 1.86. The minimum Gasteiger partial charge on any atom is -0.379 e. The zero-order chi connectivity index (χ0) is 18.4. The number of nitrogens with zero attached hydrogens (tertiary/aromatic N) is 3. The van der Waals surface area contributed by atoms with Crippen LogP contribution in [-0.4, -0.2) is 86.9 Å². The molecular weight excluding hydrogens is 314 g/mol. The second-order valence-electron chi connectivity index (χ2n) is 8.19. The largest absolute Gasteiger partial charge is 0.379 e. The predicted octanol–water partition coefficient (Wildman–Crippen LogP) is 1.24. The van der Waals surface area contributed by atoms with Crippen LogP contribution >= 0.6 is 0 Å². The first kappa shape index (κ1) is 20.5. The van der Waals surface area contributed by atoms with Gasteiger partial charge in [-0.25, -0.2) is 0 Å². The van der Waals surface area contributed by atoms with E-state index in [0.717, 1.165) is 51.9 Å². The first-order valence-corrected chi connectivity index (χ1v) is 9.95. The zero-order valence-electron chi connectivity index (χ0n) is 17.1. The van der Waals surface area contributed by atoms with Gasteiger partial charge in [-0.3, -0.25) is 14.8 Å². The van der Waals surface area contributed by atoms with Gasteiger partial charge in [0.25, 0.3) is 0 Å². The standard InChI is InChI=1S/C19H39N5O/c1-14(2)18(23-7-9-25-10-8-23)11-21-19(20-6)22-17-13-24(15(3)4)12-16(17)5/h14-18H,7-13H2,1-6H3,(H2,20,21,22). The molecule has 2 N–H and O–H groups in total. The fraction of sp³-hybridized carbons (Fsp3) is 0.947. The molecule has 3 atom stereocenters. The van der Waals surface area contributed by atoms with E-state index in [2.05, 4.69) is 60.0 Å². The number of guanidine groups is 1. The Labute approximate surface area is 154 Å². The van der Waals surface area contributed by atoms with E-state index in [-0.39, 0.29) is 0 Å². The summed E-state index contributed by atoms with van der Waals surface area (Å²) in [5, 5.41) is 7.23. The van der Waals surface area contributed by atoms with Gasteiger partial charge in [-0.1, -0.05) is 20.8 Å². The molecule has 0 radical (unpaired) electrons. The SMILES string of the molecule is CN=C(NCC(C(C)C)N1CCOCC1)NC1CN(C(C)C)CC1C. The number of likely N-dealkylation sites (tertiary alicyclic amines) is 1. The summed E-state index contributed by atoms with van der Waals surface area (Å²) in [6.45, 7) is 18.4. The Morgan fingerprint density at radius 2 is 1.80 bits per heavy atom. The van der Waals surface area contributed by atoms with Gasteiger partial charge in [-0.2, -0.15) is 0 Å². The molecule has 2 aliphatic rings. The van der Waals surface area contributed by atoms with Gasteiger partial charge in [0, 0.05) is 57.9 Å². The maximum Gasteiger partial charge on any atom is 0.191 e. The van der Waals surface area contributed by atoms with Crippen LogP contribution in [-0.2, 0) is 4.74 Å². The molecule has 2 fully saturated rings. The van der Waals surface area contributed by atoms with E-state index in [1.807, 2.05) is 7.05 Å². The normalized spacial score (nSPS) is 27.9. The summed E-state index contributed by atoms with van der Waals surface area (Å²) in [4.78, 5) is 9.56. The molecule has 2 rings (SSSR count). The third-order valence-corrected chi connectivity index (χ3v) is 5.68. The van der Waals surface area contributed by atoms with Crippen LogP contribution in [0.5, 0.6) is 0 Å². The number of nitrogens with one attached hydrogen (secondary N) is 2. The topological polar surface area (TPSA) is 52.1 Å². The summed E-state index contributed by atoms with van der Waals surface area (Å²) in [5.74, 6) is 2.17. The second kappa shape index (κ2) is 9.74. The van der Waals surface area contributed by atoms with Gasteiger partial charge in [0.2, 0.25) is 0 Å². The minimum atomic E-state index is 0.467. The summed E-state index contributed by atoms with van der Waals surface area (Å²) >= 11 is 0. The lowest BCUT2D eigenvalue weighted by Gasteiger charge is -2.37. The lowest BCUT2D eigenvalue weighted by atomic mass is 10.0. The van der Waals surface area contributed by atoms with E-state index in [9.17, 15) is 0 Å². The van der Waals surface area contributed by atoms with Crippen LogP contribution in [0.4, 0.5) is 0 Å². The Kier molecular flexibility index (Phi) is 7.97. The van der Waals surface area contributed by atoms with E-state index in [1.165, 1.54) is 0 Å². The quantitative estimate of drug-likeness (QED) is 0.556. The van der Waals surface area contributed by atoms with Crippen LogP contribution in [0.25, 0.3) is 0 Å². The van der Waals surface area contributed by atoms with E-state index < -0.39 is 0 Å². The van der Waals surface area contributed by atoms with Gasteiger partial charge in [0.1, 0.15) is 0 Å². The van der Waals surface area contributed by atoms with Crippen LogP contribution in [0.15, 0.2) is 4.99 Å². The summed E-state index contributed by atoms with van der Waals surface area (Å²) < 4.78 is 5.50. The van der Waals surface area contributed by atoms with Gasteiger partial charge < -0.3 is 15.4 Å². The van der Waals surface area contributed by atoms with Crippen molar-refractivity contribution in [3.63, 3.8) is 0 Å². The monoisotopic (exact) mass is 353 g/mol. The van der Waals surface area contributed by atoms with Crippen molar-refractivity contribution in [2.75, 3.05) is 53.0 Å². The molecule has 25 heavy (non-hydrogen) atoms. The Morgan fingerprint density at radius 3 is 2.32 bits per heavy atom. The molecule has 2 saturated heterocycles. The highest BCUT2D eigenvalue weighted by Crippen LogP contribution is 2.18. The van der Waals surface area contributed by atoms with Crippen molar-refractivity contribution >= 4 is 5.96 Å². The number of ether oxygens (including phenoxy) is 1. The molecule has 146 valence electrons. The minimum absolute atomic E-state index is 0.467. The number of morpholine rings is 1. The van der Waals surface area contributed by atoms with Crippen molar-refractivity contribution in [3.05, 3.63) is 0 Å². The van der Waals surface area contributed by atoms with Crippen LogP contribution in [0, 0.1) is 11.8 Å². The third kappa shape index (κ3) is 5.83. The molecule has 3 unspecified atom stereocenters. The second-order valence-corrected chi connectivity index (χ2v) is 8.19. The first-order chi connectivity index (χ1) is 11.9. The molecule has 2 heterocycles.